The third kappa shape index (κ3) is 18.5. The van der Waals surface area contributed by atoms with Crippen molar-refractivity contribution in [3.8, 4) is 0 Å². The zero-order chi connectivity index (χ0) is 60.4. The number of piperidine rings is 1. The lowest BCUT2D eigenvalue weighted by Gasteiger charge is -2.42. The van der Waals surface area contributed by atoms with Crippen LogP contribution in [-0.2, 0) is 79.8 Å². The fourth-order valence-electron chi connectivity index (χ4n) is 12.1. The van der Waals surface area contributed by atoms with Gasteiger partial charge in [0.05, 0.1) is 18.3 Å². The number of methoxy groups -OCH3 is 3. The molecule has 18 heteroatoms. The topological polar surface area (TPSA) is 215 Å². The average Bonchev–Trinajstić information content (AvgIpc) is 3.63. The minimum atomic E-state index is -2.47. The second-order valence-corrected chi connectivity index (χ2v) is 23.6. The largest absolute Gasteiger partial charge is 0.460 e. The lowest BCUT2D eigenvalue weighted by Crippen LogP contribution is -2.61. The Kier molecular flexibility index (Phi) is 25.3. The van der Waals surface area contributed by atoms with Crippen LogP contribution in [0.4, 0.5) is 0 Å². The number of hydrogen-bond donors (Lipinski definition) is 1. The Morgan fingerprint density at radius 2 is 1.40 bits per heavy atom. The van der Waals surface area contributed by atoms with Gasteiger partial charge < -0.3 is 43.2 Å². The van der Waals surface area contributed by atoms with Crippen LogP contribution in [0, 0.1) is 35.5 Å². The minimum absolute atomic E-state index is 0.00848. The molecule has 5 heterocycles. The second kappa shape index (κ2) is 31.7. The number of rotatable bonds is 12. The van der Waals surface area contributed by atoms with Gasteiger partial charge in [-0.05, 0) is 107 Å². The van der Waals surface area contributed by atoms with Crippen LogP contribution in [0.3, 0.4) is 0 Å². The van der Waals surface area contributed by atoms with Crippen molar-refractivity contribution < 1.29 is 81.0 Å². The van der Waals surface area contributed by atoms with E-state index in [1.165, 1.54) is 12.0 Å². The monoisotopic (exact) mass is 1150 g/mol. The first-order chi connectivity index (χ1) is 39.6. The maximum Gasteiger partial charge on any atom is 0.373 e. The standard InChI is InChI=1S/C65H91N3O15/c1-42-22-14-11-15-23-43(2)54(77-8)38-50-27-25-48(7)65(76,83-50)62(73)63(74)68-33-21-16-24-51(68)64(75)81-55(45(4)36-49-26-28-53(56(37-49)78-9)80-57(70)40-66-29-17-12-18-30-66)39-52(69)44(3)35-47(6)60(61(79-10)59(72)46(5)34-42)82-58(71)41-67-31-19-13-20-32-67/h11-15,17-20,22-23,29-32,35,42,44-46,48-51,53-56,60-61,76H,16,21,24-28,33-34,36-41H2,1-10H3/q+2/b15-11?,22-14+,43-23?,47-35+/t42-,44-,45-,46-,48-,49+,50+,51+,53-,54+,55+,56-,60-,61+,65-/m1/s1. The molecule has 1 saturated carbocycles. The summed E-state index contributed by atoms with van der Waals surface area (Å²) in [6, 6.07) is 9.71. The van der Waals surface area contributed by atoms with E-state index in [0.29, 0.717) is 63.4 Å². The molecule has 1 aliphatic carbocycles. The molecule has 0 radical (unpaired) electrons. The zero-order valence-corrected chi connectivity index (χ0v) is 50.4. The molecule has 2 bridgehead atoms. The van der Waals surface area contributed by atoms with Crippen LogP contribution in [0.2, 0.25) is 0 Å². The number of hydrogen-bond acceptors (Lipinski definition) is 15. The Labute approximate surface area is 490 Å². The molecule has 6 rings (SSSR count). The zero-order valence-electron chi connectivity index (χ0n) is 50.4. The molecule has 3 aliphatic heterocycles. The molecule has 3 fully saturated rings. The van der Waals surface area contributed by atoms with E-state index in [0.717, 1.165) is 5.57 Å². The number of Topliss-reactive ketones (excluding diaryl/α,β-unsaturated/α-hetero) is 3. The Morgan fingerprint density at radius 1 is 0.735 bits per heavy atom. The van der Waals surface area contributed by atoms with E-state index >= 15 is 0 Å². The van der Waals surface area contributed by atoms with E-state index in [1.54, 1.807) is 87.1 Å². The fraction of sp³-hybridized carbons (Fsp3) is 0.615. The number of esters is 3. The smallest absolute Gasteiger partial charge is 0.373 e. The number of carbonyl (C=O) groups is 7. The van der Waals surface area contributed by atoms with Gasteiger partial charge in [-0.15, -0.1) is 0 Å². The number of aromatic nitrogens is 2. The van der Waals surface area contributed by atoms with Gasteiger partial charge in [0.15, 0.2) is 42.8 Å². The number of allylic oxidation sites excluding steroid dienone is 6. The maximum absolute atomic E-state index is 14.8. The highest BCUT2D eigenvalue weighted by atomic mass is 16.6. The van der Waals surface area contributed by atoms with Crippen molar-refractivity contribution in [1.82, 2.24) is 4.90 Å². The van der Waals surface area contributed by atoms with E-state index < -0.39 is 102 Å². The van der Waals surface area contributed by atoms with Gasteiger partial charge in [0.25, 0.3) is 11.7 Å². The van der Waals surface area contributed by atoms with Crippen LogP contribution in [-0.4, -0.2) is 134 Å². The van der Waals surface area contributed by atoms with Crippen molar-refractivity contribution in [2.24, 2.45) is 35.5 Å². The molecule has 2 saturated heterocycles. The van der Waals surface area contributed by atoms with Gasteiger partial charge in [0, 0.05) is 82.7 Å². The highest BCUT2D eigenvalue weighted by Gasteiger charge is 2.53. The number of carbonyl (C=O) groups excluding carboxylic acids is 7. The van der Waals surface area contributed by atoms with E-state index in [9.17, 15) is 38.7 Å². The number of ether oxygens (including phenoxy) is 7. The van der Waals surface area contributed by atoms with Crippen LogP contribution >= 0.6 is 0 Å². The summed E-state index contributed by atoms with van der Waals surface area (Å²) < 4.78 is 45.9. The summed E-state index contributed by atoms with van der Waals surface area (Å²) in [4.78, 5) is 101. The van der Waals surface area contributed by atoms with Crippen molar-refractivity contribution >= 4 is 41.2 Å². The van der Waals surface area contributed by atoms with Crippen LogP contribution in [0.25, 0.3) is 0 Å². The van der Waals surface area contributed by atoms with Crippen molar-refractivity contribution in [3.63, 3.8) is 0 Å². The molecule has 1 amide bonds. The first-order valence-corrected chi connectivity index (χ1v) is 29.7. The van der Waals surface area contributed by atoms with E-state index in [1.807, 2.05) is 82.3 Å². The minimum Gasteiger partial charge on any atom is -0.460 e. The number of nitrogens with zero attached hydrogens (tertiary/aromatic N) is 3. The summed E-state index contributed by atoms with van der Waals surface area (Å²) in [5, 5.41) is 12.1. The number of pyridine rings is 2. The lowest BCUT2D eigenvalue weighted by molar-refractivity contribution is -0.686. The Balaban J connectivity index is 1.33. The highest BCUT2D eigenvalue weighted by molar-refractivity contribution is 6.39. The lowest BCUT2D eigenvalue weighted by atomic mass is 9.78. The Bertz CT molecular complexity index is 2640. The molecule has 2 aromatic heterocycles. The number of fused-ring (bicyclic) bond motifs is 3. The summed E-state index contributed by atoms with van der Waals surface area (Å²) in [5.41, 5.74) is 1.26. The van der Waals surface area contributed by atoms with Gasteiger partial charge in [-0.2, -0.15) is 9.13 Å². The summed E-state index contributed by atoms with van der Waals surface area (Å²) in [7, 11) is 4.54. The Hall–Kier alpha value is -6.05. The second-order valence-electron chi connectivity index (χ2n) is 23.6. The van der Waals surface area contributed by atoms with Gasteiger partial charge in [-0.3, -0.25) is 19.2 Å². The number of cyclic esters (lactones) is 1. The third-order valence-corrected chi connectivity index (χ3v) is 17.1. The predicted octanol–water partition coefficient (Wildman–Crippen LogP) is 7.26. The number of amides is 1. The molecule has 1 N–H and O–H groups in total. The summed E-state index contributed by atoms with van der Waals surface area (Å²) in [6.45, 7) is 12.6. The van der Waals surface area contributed by atoms with E-state index in [4.69, 9.17) is 33.2 Å². The molecule has 15 atom stereocenters. The molecular formula is C65H91N3O15+2. The summed E-state index contributed by atoms with van der Waals surface area (Å²) in [6.07, 6.45) is 17.5. The average molecular weight is 1150 g/mol. The van der Waals surface area contributed by atoms with Gasteiger partial charge in [-0.1, -0.05) is 83.2 Å². The van der Waals surface area contributed by atoms with Crippen LogP contribution in [0.5, 0.6) is 0 Å². The van der Waals surface area contributed by atoms with E-state index in [-0.39, 0.29) is 68.3 Å². The molecule has 0 aromatic carbocycles. The van der Waals surface area contributed by atoms with Gasteiger partial charge in [0.2, 0.25) is 18.9 Å². The third-order valence-electron chi connectivity index (χ3n) is 17.1. The van der Waals surface area contributed by atoms with Crippen molar-refractivity contribution in [2.45, 2.75) is 193 Å². The normalized spacial score (nSPS) is 32.9. The van der Waals surface area contributed by atoms with Crippen molar-refractivity contribution in [3.05, 3.63) is 109 Å². The van der Waals surface area contributed by atoms with Crippen LogP contribution in [0.15, 0.2) is 109 Å². The number of ketones is 3. The first-order valence-electron chi connectivity index (χ1n) is 29.7. The van der Waals surface area contributed by atoms with Gasteiger partial charge >= 0.3 is 17.9 Å². The molecular weight excluding hydrogens is 1060 g/mol. The Morgan fingerprint density at radius 3 is 2.04 bits per heavy atom. The molecule has 83 heavy (non-hydrogen) atoms. The van der Waals surface area contributed by atoms with Crippen LogP contribution < -0.4 is 9.13 Å². The molecule has 4 aliphatic rings. The van der Waals surface area contributed by atoms with Crippen LogP contribution in [0.1, 0.15) is 126 Å². The predicted molar refractivity (Wildman–Crippen MR) is 306 cm³/mol. The molecule has 0 unspecified atom stereocenters. The molecule has 0 spiro atoms. The van der Waals surface area contributed by atoms with Gasteiger partial charge in [-0.25, -0.2) is 14.4 Å². The van der Waals surface area contributed by atoms with Crippen molar-refractivity contribution in [1.29, 1.82) is 0 Å². The SMILES string of the molecule is CO[C@H]1C[C@@H]2CC[C@@H](C)[C@@](O)(O2)C(=O)C(=O)N2CCCC[C@H]2C(=O)O[C@H]([C@H](C)C[C@@H]2CC[C@@H](OC(=O)C[n+]3ccccc3)[C@H](OC)C2)CC(=O)[C@H](C)/C=C(\C)[C@@H](OC(=O)C[n+]2ccccc2)[C@@H](OC)C(=O)[C@H](C)C[C@H](C)/C=C/C=CC=C1C. The van der Waals surface area contributed by atoms with Gasteiger partial charge in [0.1, 0.15) is 24.0 Å². The summed E-state index contributed by atoms with van der Waals surface area (Å²) >= 11 is 0. The molecule has 2 aromatic rings. The molecule has 454 valence electrons. The quantitative estimate of drug-likeness (QED) is 0.0728. The fourth-order valence-corrected chi connectivity index (χ4v) is 12.1. The van der Waals surface area contributed by atoms with Crippen molar-refractivity contribution in [2.75, 3.05) is 27.9 Å². The first kappa shape index (κ1) is 66.1. The maximum atomic E-state index is 14.8. The van der Waals surface area contributed by atoms with E-state index in [2.05, 4.69) is 0 Å². The summed E-state index contributed by atoms with van der Waals surface area (Å²) in [5.74, 6) is -9.71. The molecule has 18 nitrogen and oxygen atoms in total. The number of aliphatic hydroxyl groups is 1. The highest BCUT2D eigenvalue weighted by Crippen LogP contribution is 2.38.